The molecule has 1 aromatic heterocycles. The van der Waals surface area contributed by atoms with E-state index in [2.05, 4.69) is 9.59 Å². The van der Waals surface area contributed by atoms with Crippen LogP contribution in [0.2, 0.25) is 0 Å². The van der Waals surface area contributed by atoms with Gasteiger partial charge in [0.1, 0.15) is 0 Å². The number of nitrogens with two attached hydrogens (primary N) is 1. The lowest BCUT2D eigenvalue weighted by atomic mass is 10.1. The van der Waals surface area contributed by atoms with Gasteiger partial charge in [-0.3, -0.25) is 0 Å². The second-order valence-electron chi connectivity index (χ2n) is 3.16. The zero-order valence-electron chi connectivity index (χ0n) is 8.55. The molecule has 1 atom stereocenters. The van der Waals surface area contributed by atoms with Crippen LogP contribution in [0, 0.1) is 5.82 Å². The molecule has 2 aromatic rings. The molecule has 16 heavy (non-hydrogen) atoms. The Balaban J connectivity index is 2.41. The van der Waals surface area contributed by atoms with Crippen molar-refractivity contribution >= 4 is 11.5 Å². The van der Waals surface area contributed by atoms with Crippen molar-refractivity contribution in [1.29, 1.82) is 0 Å². The van der Waals surface area contributed by atoms with E-state index >= 15 is 0 Å². The van der Waals surface area contributed by atoms with Gasteiger partial charge in [-0.2, -0.15) is 0 Å². The van der Waals surface area contributed by atoms with E-state index < -0.39 is 11.9 Å². The molecule has 1 aromatic carbocycles. The van der Waals surface area contributed by atoms with Crippen LogP contribution in [0.5, 0.6) is 5.75 Å². The van der Waals surface area contributed by atoms with Gasteiger partial charge in [-0.15, -0.1) is 5.10 Å². The van der Waals surface area contributed by atoms with Crippen LogP contribution >= 0.6 is 11.5 Å². The normalized spacial score (nSPS) is 12.4. The van der Waals surface area contributed by atoms with Gasteiger partial charge in [-0.1, -0.05) is 16.6 Å². The van der Waals surface area contributed by atoms with E-state index in [4.69, 9.17) is 10.5 Å². The Morgan fingerprint density at radius 2 is 2.31 bits per heavy atom. The van der Waals surface area contributed by atoms with Gasteiger partial charge in [0.25, 0.3) is 0 Å². The lowest BCUT2D eigenvalue weighted by Crippen LogP contribution is -2.12. The number of methoxy groups -OCH3 is 1. The second-order valence-corrected chi connectivity index (χ2v) is 3.98. The topological polar surface area (TPSA) is 61.0 Å². The Labute approximate surface area is 96.0 Å². The summed E-state index contributed by atoms with van der Waals surface area (Å²) >= 11 is 1.15. The first kappa shape index (κ1) is 11.0. The molecule has 0 aliphatic heterocycles. The molecule has 2 N–H and O–H groups in total. The van der Waals surface area contributed by atoms with Crippen LogP contribution < -0.4 is 10.5 Å². The Hall–Kier alpha value is -1.53. The summed E-state index contributed by atoms with van der Waals surface area (Å²) in [6, 6.07) is 4.32. The molecule has 84 valence electrons. The van der Waals surface area contributed by atoms with E-state index in [0.717, 1.165) is 11.5 Å². The molecule has 0 aliphatic carbocycles. The van der Waals surface area contributed by atoms with E-state index in [0.29, 0.717) is 10.4 Å². The number of ether oxygens (including phenoxy) is 1. The van der Waals surface area contributed by atoms with E-state index in [1.165, 1.54) is 13.3 Å². The molecule has 0 radical (unpaired) electrons. The summed E-state index contributed by atoms with van der Waals surface area (Å²) in [6.07, 6.45) is 1.54. The third-order valence-electron chi connectivity index (χ3n) is 2.23. The molecule has 0 amide bonds. The first-order valence-corrected chi connectivity index (χ1v) is 5.36. The van der Waals surface area contributed by atoms with Gasteiger partial charge in [0, 0.05) is 5.56 Å². The fourth-order valence-electron chi connectivity index (χ4n) is 1.39. The largest absolute Gasteiger partial charge is 0.494 e. The summed E-state index contributed by atoms with van der Waals surface area (Å²) in [7, 11) is 1.42. The average Bonchev–Trinajstić information content (AvgIpc) is 2.82. The number of hydrogen-bond acceptors (Lipinski definition) is 5. The maximum Gasteiger partial charge on any atom is 0.170 e. The van der Waals surface area contributed by atoms with Gasteiger partial charge in [0.2, 0.25) is 0 Å². The van der Waals surface area contributed by atoms with Gasteiger partial charge in [0.15, 0.2) is 11.6 Å². The lowest BCUT2D eigenvalue weighted by molar-refractivity contribution is 0.383. The minimum Gasteiger partial charge on any atom is -0.494 e. The molecule has 0 spiro atoms. The minimum atomic E-state index is -0.560. The van der Waals surface area contributed by atoms with E-state index in [1.807, 2.05) is 0 Å². The summed E-state index contributed by atoms with van der Waals surface area (Å²) in [5, 5.41) is 3.68. The first-order chi connectivity index (χ1) is 7.74. The number of halogens is 1. The maximum absolute atomic E-state index is 13.9. The third kappa shape index (κ3) is 1.89. The average molecular weight is 239 g/mol. The molecule has 0 fully saturated rings. The Kier molecular flexibility index (Phi) is 3.12. The maximum atomic E-state index is 13.9. The highest BCUT2D eigenvalue weighted by atomic mass is 32.1. The van der Waals surface area contributed by atoms with Crippen LogP contribution in [0.25, 0.3) is 0 Å². The minimum absolute atomic E-state index is 0.186. The molecule has 2 rings (SSSR count). The number of rotatable bonds is 3. The molecule has 4 nitrogen and oxygen atoms in total. The van der Waals surface area contributed by atoms with Crippen molar-refractivity contribution in [3.05, 3.63) is 40.7 Å². The van der Waals surface area contributed by atoms with Gasteiger partial charge in [-0.25, -0.2) is 4.39 Å². The first-order valence-electron chi connectivity index (χ1n) is 4.59. The molecule has 0 aliphatic rings. The van der Waals surface area contributed by atoms with E-state index in [1.54, 1.807) is 18.2 Å². The van der Waals surface area contributed by atoms with Crippen LogP contribution in [0.4, 0.5) is 4.39 Å². The fraction of sp³-hybridized carbons (Fsp3) is 0.200. The number of hydrogen-bond donors (Lipinski definition) is 1. The highest BCUT2D eigenvalue weighted by Crippen LogP contribution is 2.28. The SMILES string of the molecule is COc1cccc(C(N)c2cnns2)c1F. The smallest absolute Gasteiger partial charge is 0.170 e. The molecule has 0 saturated carbocycles. The summed E-state index contributed by atoms with van der Waals surface area (Å²) < 4.78 is 22.5. The fourth-order valence-corrected chi connectivity index (χ4v) is 1.91. The predicted molar refractivity (Wildman–Crippen MR) is 58.9 cm³/mol. The quantitative estimate of drug-likeness (QED) is 0.886. The van der Waals surface area contributed by atoms with E-state index in [-0.39, 0.29) is 5.75 Å². The Morgan fingerprint density at radius 3 is 2.94 bits per heavy atom. The monoisotopic (exact) mass is 239 g/mol. The highest BCUT2D eigenvalue weighted by molar-refractivity contribution is 7.05. The summed E-state index contributed by atoms with van der Waals surface area (Å²) in [5.74, 6) is -0.253. The lowest BCUT2D eigenvalue weighted by Gasteiger charge is -2.12. The molecular weight excluding hydrogens is 229 g/mol. The summed E-state index contributed by atoms with van der Waals surface area (Å²) in [4.78, 5) is 0.715. The van der Waals surface area contributed by atoms with Crippen molar-refractivity contribution < 1.29 is 9.13 Å². The van der Waals surface area contributed by atoms with Gasteiger partial charge >= 0.3 is 0 Å². The molecular formula is C10H10FN3OS. The summed E-state index contributed by atoms with van der Waals surface area (Å²) in [5.41, 5.74) is 6.30. The van der Waals surface area contributed by atoms with Crippen molar-refractivity contribution in [2.24, 2.45) is 5.73 Å². The molecule has 0 saturated heterocycles. The third-order valence-corrected chi connectivity index (χ3v) is 2.98. The predicted octanol–water partition coefficient (Wildman–Crippen LogP) is 1.73. The second kappa shape index (κ2) is 4.54. The van der Waals surface area contributed by atoms with Crippen LogP contribution in [0.1, 0.15) is 16.5 Å². The molecule has 6 heteroatoms. The Bertz CT molecular complexity index is 475. The van der Waals surface area contributed by atoms with Crippen LogP contribution in [-0.2, 0) is 0 Å². The van der Waals surface area contributed by atoms with E-state index in [9.17, 15) is 4.39 Å². The highest BCUT2D eigenvalue weighted by Gasteiger charge is 2.18. The van der Waals surface area contributed by atoms with Crippen LogP contribution in [0.15, 0.2) is 24.4 Å². The van der Waals surface area contributed by atoms with Gasteiger partial charge in [0.05, 0.1) is 24.2 Å². The Morgan fingerprint density at radius 1 is 1.50 bits per heavy atom. The number of nitrogens with zero attached hydrogens (tertiary/aromatic N) is 2. The van der Waals surface area contributed by atoms with Crippen molar-refractivity contribution in [2.75, 3.05) is 7.11 Å². The molecule has 0 bridgehead atoms. The summed E-state index contributed by atoms with van der Waals surface area (Å²) in [6.45, 7) is 0. The van der Waals surface area contributed by atoms with Crippen LogP contribution in [0.3, 0.4) is 0 Å². The molecule has 1 heterocycles. The standard InChI is InChI=1S/C10H10FN3OS/c1-15-7-4-2-3-6(9(7)11)10(12)8-5-13-14-16-8/h2-5,10H,12H2,1H3. The van der Waals surface area contributed by atoms with Crippen molar-refractivity contribution in [2.45, 2.75) is 6.04 Å². The van der Waals surface area contributed by atoms with Gasteiger partial charge < -0.3 is 10.5 Å². The van der Waals surface area contributed by atoms with Crippen LogP contribution in [-0.4, -0.2) is 16.7 Å². The van der Waals surface area contributed by atoms with Gasteiger partial charge in [-0.05, 0) is 17.6 Å². The zero-order valence-corrected chi connectivity index (χ0v) is 9.37. The zero-order chi connectivity index (χ0) is 11.5. The van der Waals surface area contributed by atoms with Crippen molar-refractivity contribution in [3.8, 4) is 5.75 Å². The number of aromatic nitrogens is 2. The van der Waals surface area contributed by atoms with Crippen molar-refractivity contribution in [3.63, 3.8) is 0 Å². The van der Waals surface area contributed by atoms with Crippen molar-refractivity contribution in [1.82, 2.24) is 9.59 Å². The molecule has 1 unspecified atom stereocenters. The number of benzene rings is 1.